The molecule has 0 radical (unpaired) electrons. The van der Waals surface area contributed by atoms with Crippen LogP contribution in [0, 0.1) is 5.92 Å². The van der Waals surface area contributed by atoms with Gasteiger partial charge in [-0.1, -0.05) is 12.1 Å². The molecule has 2 rings (SSSR count). The molecule has 2 nitrogen and oxygen atoms in total. The van der Waals surface area contributed by atoms with Gasteiger partial charge in [0.2, 0.25) is 0 Å². The molecule has 1 fully saturated rings. The molecular weight excluding hydrogens is 242 g/mol. The van der Waals surface area contributed by atoms with E-state index < -0.39 is 0 Å². The van der Waals surface area contributed by atoms with E-state index in [0.29, 0.717) is 11.8 Å². The van der Waals surface area contributed by atoms with Crippen molar-refractivity contribution in [3.8, 4) is 0 Å². The van der Waals surface area contributed by atoms with Crippen molar-refractivity contribution >= 4 is 17.5 Å². The second-order valence-electron chi connectivity index (χ2n) is 4.93. The lowest BCUT2D eigenvalue weighted by molar-refractivity contribution is 0.0881. The zero-order chi connectivity index (χ0) is 13.0. The van der Waals surface area contributed by atoms with Gasteiger partial charge in [-0.15, -0.1) is 11.8 Å². The molecule has 0 amide bonds. The highest BCUT2D eigenvalue weighted by molar-refractivity contribution is 7.98. The highest BCUT2D eigenvalue weighted by atomic mass is 32.2. The third-order valence-electron chi connectivity index (χ3n) is 3.88. The first-order valence-corrected chi connectivity index (χ1v) is 7.82. The van der Waals surface area contributed by atoms with Gasteiger partial charge in [0.25, 0.3) is 0 Å². The summed E-state index contributed by atoms with van der Waals surface area (Å²) in [5, 5.41) is 3.30. The molecule has 1 aliphatic rings. The zero-order valence-corrected chi connectivity index (χ0v) is 11.9. The van der Waals surface area contributed by atoms with Gasteiger partial charge in [-0.2, -0.15) is 0 Å². The summed E-state index contributed by atoms with van der Waals surface area (Å²) >= 11 is 1.71. The predicted molar refractivity (Wildman–Crippen MR) is 77.4 cm³/mol. The predicted octanol–water partition coefficient (Wildman–Crippen LogP) is 3.37. The van der Waals surface area contributed by atoms with Gasteiger partial charge < -0.3 is 5.32 Å². The number of carbonyl (C=O) groups excluding carboxylic acids is 1. The number of ketones is 1. The third-order valence-corrected chi connectivity index (χ3v) is 4.62. The van der Waals surface area contributed by atoms with E-state index in [1.54, 1.807) is 11.8 Å². The minimum absolute atomic E-state index is 0.231. The summed E-state index contributed by atoms with van der Waals surface area (Å²) in [5.74, 6) is 0.562. The standard InChI is InChI=1S/C15H21NOS/c1-16-13-7-3-11(4-8-13)15(17)12-5-9-14(18-2)10-6-12/h5-6,9-11,13,16H,3-4,7-8H2,1-2H3. The van der Waals surface area contributed by atoms with Gasteiger partial charge in [-0.05, 0) is 51.1 Å². The molecule has 0 atom stereocenters. The summed E-state index contributed by atoms with van der Waals surface area (Å²) in [6.07, 6.45) is 6.34. The Morgan fingerprint density at radius 2 is 1.78 bits per heavy atom. The van der Waals surface area contributed by atoms with Crippen LogP contribution in [0.2, 0.25) is 0 Å². The maximum atomic E-state index is 12.4. The van der Waals surface area contributed by atoms with Gasteiger partial charge >= 0.3 is 0 Å². The lowest BCUT2D eigenvalue weighted by Gasteiger charge is -2.27. The molecule has 1 saturated carbocycles. The first-order valence-electron chi connectivity index (χ1n) is 6.60. The van der Waals surface area contributed by atoms with Crippen LogP contribution in [0.3, 0.4) is 0 Å². The van der Waals surface area contributed by atoms with Crippen molar-refractivity contribution in [1.29, 1.82) is 0 Å². The van der Waals surface area contributed by atoms with Gasteiger partial charge in [0.05, 0.1) is 0 Å². The molecule has 0 spiro atoms. The maximum Gasteiger partial charge on any atom is 0.165 e. The van der Waals surface area contributed by atoms with Crippen LogP contribution >= 0.6 is 11.8 Å². The molecule has 1 aliphatic carbocycles. The fourth-order valence-corrected chi connectivity index (χ4v) is 3.04. The average Bonchev–Trinajstić information content (AvgIpc) is 2.47. The van der Waals surface area contributed by atoms with E-state index in [4.69, 9.17) is 0 Å². The molecule has 0 unspecified atom stereocenters. The molecule has 0 heterocycles. The maximum absolute atomic E-state index is 12.4. The number of hydrogen-bond donors (Lipinski definition) is 1. The number of carbonyl (C=O) groups is 1. The molecule has 98 valence electrons. The van der Waals surface area contributed by atoms with Gasteiger partial charge in [-0.3, -0.25) is 4.79 Å². The van der Waals surface area contributed by atoms with E-state index in [1.165, 1.54) is 4.90 Å². The molecule has 0 aliphatic heterocycles. The Morgan fingerprint density at radius 1 is 1.17 bits per heavy atom. The highest BCUT2D eigenvalue weighted by Crippen LogP contribution is 2.27. The quantitative estimate of drug-likeness (QED) is 0.667. The van der Waals surface area contributed by atoms with E-state index in [2.05, 4.69) is 11.6 Å². The van der Waals surface area contributed by atoms with Crippen molar-refractivity contribution < 1.29 is 4.79 Å². The Labute approximate surface area is 114 Å². The lowest BCUT2D eigenvalue weighted by Crippen LogP contribution is -2.32. The van der Waals surface area contributed by atoms with E-state index >= 15 is 0 Å². The van der Waals surface area contributed by atoms with Crippen LogP contribution in [0.4, 0.5) is 0 Å². The van der Waals surface area contributed by atoms with Crippen molar-refractivity contribution in [2.75, 3.05) is 13.3 Å². The number of hydrogen-bond acceptors (Lipinski definition) is 3. The summed E-state index contributed by atoms with van der Waals surface area (Å²) in [7, 11) is 2.01. The van der Waals surface area contributed by atoms with Crippen molar-refractivity contribution in [1.82, 2.24) is 5.32 Å². The summed E-state index contributed by atoms with van der Waals surface area (Å²) < 4.78 is 0. The molecular formula is C15H21NOS. The van der Waals surface area contributed by atoms with E-state index in [-0.39, 0.29) is 5.92 Å². The minimum atomic E-state index is 0.231. The van der Waals surface area contributed by atoms with E-state index in [1.807, 2.05) is 31.3 Å². The van der Waals surface area contributed by atoms with Crippen LogP contribution in [0.1, 0.15) is 36.0 Å². The monoisotopic (exact) mass is 263 g/mol. The number of rotatable bonds is 4. The first-order chi connectivity index (χ1) is 8.74. The summed E-state index contributed by atoms with van der Waals surface area (Å²) in [5.41, 5.74) is 0.876. The fraction of sp³-hybridized carbons (Fsp3) is 0.533. The Bertz CT molecular complexity index is 393. The van der Waals surface area contributed by atoms with Crippen molar-refractivity contribution in [3.63, 3.8) is 0 Å². The highest BCUT2D eigenvalue weighted by Gasteiger charge is 2.26. The summed E-state index contributed by atoms with van der Waals surface area (Å²) in [6.45, 7) is 0. The molecule has 0 bridgehead atoms. The molecule has 1 N–H and O–H groups in total. The minimum Gasteiger partial charge on any atom is -0.317 e. The van der Waals surface area contributed by atoms with Crippen molar-refractivity contribution in [2.24, 2.45) is 5.92 Å². The topological polar surface area (TPSA) is 29.1 Å². The Morgan fingerprint density at radius 3 is 2.28 bits per heavy atom. The average molecular weight is 263 g/mol. The molecule has 1 aromatic rings. The van der Waals surface area contributed by atoms with Crippen LogP contribution in [0.25, 0.3) is 0 Å². The molecule has 0 saturated heterocycles. The number of benzene rings is 1. The smallest absolute Gasteiger partial charge is 0.165 e. The Hall–Kier alpha value is -0.800. The van der Waals surface area contributed by atoms with Crippen molar-refractivity contribution in [2.45, 2.75) is 36.6 Å². The van der Waals surface area contributed by atoms with Gasteiger partial charge in [0, 0.05) is 22.4 Å². The number of Topliss-reactive ketones (excluding diaryl/α,β-unsaturated/α-hetero) is 1. The number of nitrogens with one attached hydrogen (secondary N) is 1. The fourth-order valence-electron chi connectivity index (χ4n) is 2.64. The largest absolute Gasteiger partial charge is 0.317 e. The van der Waals surface area contributed by atoms with Crippen LogP contribution in [0.5, 0.6) is 0 Å². The second kappa shape index (κ2) is 6.39. The molecule has 0 aromatic heterocycles. The Kier molecular flexibility index (Phi) is 4.84. The van der Waals surface area contributed by atoms with Gasteiger partial charge in [0.1, 0.15) is 0 Å². The summed E-state index contributed by atoms with van der Waals surface area (Å²) in [4.78, 5) is 13.6. The zero-order valence-electron chi connectivity index (χ0n) is 11.1. The SMILES string of the molecule is CNC1CCC(C(=O)c2ccc(SC)cc2)CC1. The normalized spacial score (nSPS) is 23.9. The molecule has 3 heteroatoms. The van der Waals surface area contributed by atoms with Gasteiger partial charge in [-0.25, -0.2) is 0 Å². The van der Waals surface area contributed by atoms with Crippen LogP contribution in [-0.2, 0) is 0 Å². The van der Waals surface area contributed by atoms with E-state index in [9.17, 15) is 4.79 Å². The lowest BCUT2D eigenvalue weighted by atomic mass is 9.81. The van der Waals surface area contributed by atoms with Crippen LogP contribution in [0.15, 0.2) is 29.2 Å². The van der Waals surface area contributed by atoms with Crippen molar-refractivity contribution in [3.05, 3.63) is 29.8 Å². The van der Waals surface area contributed by atoms with E-state index in [0.717, 1.165) is 31.2 Å². The molecule has 1 aromatic carbocycles. The van der Waals surface area contributed by atoms with Gasteiger partial charge in [0.15, 0.2) is 5.78 Å². The first kappa shape index (κ1) is 13.6. The summed E-state index contributed by atoms with van der Waals surface area (Å²) in [6, 6.07) is 8.62. The second-order valence-corrected chi connectivity index (χ2v) is 5.81. The number of thioether (sulfide) groups is 1. The van der Waals surface area contributed by atoms with Crippen LogP contribution < -0.4 is 5.32 Å². The molecule has 18 heavy (non-hydrogen) atoms. The third kappa shape index (κ3) is 3.15. The Balaban J connectivity index is 1.98. The van der Waals surface area contributed by atoms with Crippen LogP contribution in [-0.4, -0.2) is 25.1 Å².